The molecule has 1 amide bonds. The van der Waals surface area contributed by atoms with Gasteiger partial charge < -0.3 is 14.9 Å². The summed E-state index contributed by atoms with van der Waals surface area (Å²) in [6.07, 6.45) is 3.99. The molecule has 0 aromatic carbocycles. The number of carboxylic acid groups (broad SMARTS) is 1. The van der Waals surface area contributed by atoms with Gasteiger partial charge in [0.15, 0.2) is 0 Å². The largest absolute Gasteiger partial charge is 0.465 e. The first kappa shape index (κ1) is 14.4. The highest BCUT2D eigenvalue weighted by molar-refractivity contribution is 6.28. The summed E-state index contributed by atoms with van der Waals surface area (Å²) in [5.41, 5.74) is 2.25. The molecular weight excluding hydrogens is 292 g/mol. The zero-order valence-electron chi connectivity index (χ0n) is 12.0. The van der Waals surface area contributed by atoms with Crippen LogP contribution in [0.2, 0.25) is 5.28 Å². The lowest BCUT2D eigenvalue weighted by Crippen LogP contribution is -2.48. The lowest BCUT2D eigenvalue weighted by Gasteiger charge is -2.37. The lowest BCUT2D eigenvalue weighted by molar-refractivity contribution is 0.133. The molecular formula is C14H19ClN4O2. The molecule has 1 aliphatic heterocycles. The molecule has 1 fully saturated rings. The number of halogens is 1. The van der Waals surface area contributed by atoms with Gasteiger partial charge >= 0.3 is 6.09 Å². The van der Waals surface area contributed by atoms with E-state index < -0.39 is 6.09 Å². The summed E-state index contributed by atoms with van der Waals surface area (Å²) in [4.78, 5) is 23.4. The Morgan fingerprint density at radius 1 is 1.38 bits per heavy atom. The van der Waals surface area contributed by atoms with Crippen LogP contribution in [0.4, 0.5) is 10.6 Å². The number of anilines is 1. The van der Waals surface area contributed by atoms with E-state index in [-0.39, 0.29) is 6.04 Å². The number of amides is 1. The summed E-state index contributed by atoms with van der Waals surface area (Å²) in [6.45, 7) is 1.56. The summed E-state index contributed by atoms with van der Waals surface area (Å²) in [6, 6.07) is 0.00189. The smallest absolute Gasteiger partial charge is 0.407 e. The van der Waals surface area contributed by atoms with Gasteiger partial charge in [-0.2, -0.15) is 0 Å². The number of carbonyl (C=O) groups is 1. The molecule has 3 rings (SSSR count). The molecule has 21 heavy (non-hydrogen) atoms. The maximum atomic E-state index is 11.1. The average Bonchev–Trinajstić information content (AvgIpc) is 2.93. The SMILES string of the molecule is CN(C(=O)O)C1CCCN(c2nc(Cl)nc3c2CCC3)C1. The van der Waals surface area contributed by atoms with Crippen molar-refractivity contribution in [2.24, 2.45) is 0 Å². The van der Waals surface area contributed by atoms with Crippen LogP contribution in [-0.2, 0) is 12.8 Å². The molecule has 0 bridgehead atoms. The molecule has 0 radical (unpaired) electrons. The second-order valence-electron chi connectivity index (χ2n) is 5.73. The molecule has 1 saturated heterocycles. The Morgan fingerprint density at radius 3 is 2.95 bits per heavy atom. The predicted molar refractivity (Wildman–Crippen MR) is 80.1 cm³/mol. The van der Waals surface area contributed by atoms with Crippen molar-refractivity contribution in [2.75, 3.05) is 25.0 Å². The van der Waals surface area contributed by atoms with Crippen LogP contribution >= 0.6 is 11.6 Å². The molecule has 7 heteroatoms. The summed E-state index contributed by atoms with van der Waals surface area (Å²) >= 11 is 6.04. The Hall–Kier alpha value is -1.56. The van der Waals surface area contributed by atoms with E-state index in [1.165, 1.54) is 10.5 Å². The highest BCUT2D eigenvalue weighted by atomic mass is 35.5. The molecule has 0 saturated carbocycles. The van der Waals surface area contributed by atoms with E-state index in [0.717, 1.165) is 50.2 Å². The number of piperidine rings is 1. The molecule has 1 N–H and O–H groups in total. The maximum absolute atomic E-state index is 11.1. The first-order valence-electron chi connectivity index (χ1n) is 7.32. The van der Waals surface area contributed by atoms with Gasteiger partial charge in [-0.25, -0.2) is 14.8 Å². The lowest BCUT2D eigenvalue weighted by atomic mass is 10.0. The van der Waals surface area contributed by atoms with Crippen molar-refractivity contribution in [1.29, 1.82) is 0 Å². The number of aromatic nitrogens is 2. The fraction of sp³-hybridized carbons (Fsp3) is 0.643. The molecule has 1 atom stereocenters. The second-order valence-corrected chi connectivity index (χ2v) is 6.07. The van der Waals surface area contributed by atoms with E-state index in [9.17, 15) is 4.79 Å². The second kappa shape index (κ2) is 5.67. The van der Waals surface area contributed by atoms with Gasteiger partial charge in [0.05, 0.1) is 11.7 Å². The van der Waals surface area contributed by atoms with Gasteiger partial charge in [-0.15, -0.1) is 0 Å². The summed E-state index contributed by atoms with van der Waals surface area (Å²) in [5.74, 6) is 0.908. The third-order valence-corrected chi connectivity index (χ3v) is 4.60. The quantitative estimate of drug-likeness (QED) is 0.848. The predicted octanol–water partition coefficient (Wildman–Crippen LogP) is 2.20. The fourth-order valence-corrected chi connectivity index (χ4v) is 3.45. The van der Waals surface area contributed by atoms with Crippen LogP contribution in [0.1, 0.15) is 30.5 Å². The Bertz CT molecular complexity index is 566. The summed E-state index contributed by atoms with van der Waals surface area (Å²) in [5, 5.41) is 9.44. The number of likely N-dealkylation sites (N-methyl/N-ethyl adjacent to an activating group) is 1. The van der Waals surface area contributed by atoms with Crippen molar-refractivity contribution < 1.29 is 9.90 Å². The molecule has 114 valence electrons. The molecule has 1 unspecified atom stereocenters. The number of hydrogen-bond donors (Lipinski definition) is 1. The minimum absolute atomic E-state index is 0.00189. The van der Waals surface area contributed by atoms with E-state index >= 15 is 0 Å². The molecule has 1 aliphatic carbocycles. The van der Waals surface area contributed by atoms with E-state index in [1.807, 2.05) is 0 Å². The normalized spacial score (nSPS) is 21.2. The Morgan fingerprint density at radius 2 is 2.19 bits per heavy atom. The minimum atomic E-state index is -0.882. The zero-order chi connectivity index (χ0) is 15.0. The van der Waals surface area contributed by atoms with Crippen molar-refractivity contribution in [2.45, 2.75) is 38.1 Å². The van der Waals surface area contributed by atoms with E-state index in [1.54, 1.807) is 7.05 Å². The van der Waals surface area contributed by atoms with Gasteiger partial charge in [0.2, 0.25) is 5.28 Å². The third-order valence-electron chi connectivity index (χ3n) is 4.43. The van der Waals surface area contributed by atoms with Crippen LogP contribution in [0.15, 0.2) is 0 Å². The zero-order valence-corrected chi connectivity index (χ0v) is 12.8. The highest BCUT2D eigenvalue weighted by Gasteiger charge is 2.29. The van der Waals surface area contributed by atoms with Crippen molar-refractivity contribution in [3.05, 3.63) is 16.5 Å². The highest BCUT2D eigenvalue weighted by Crippen LogP contribution is 2.31. The fourth-order valence-electron chi connectivity index (χ4n) is 3.26. The monoisotopic (exact) mass is 310 g/mol. The third kappa shape index (κ3) is 2.77. The van der Waals surface area contributed by atoms with Crippen LogP contribution in [0.3, 0.4) is 0 Å². The molecule has 2 heterocycles. The van der Waals surface area contributed by atoms with Crippen molar-refractivity contribution in [3.63, 3.8) is 0 Å². The molecule has 6 nitrogen and oxygen atoms in total. The van der Waals surface area contributed by atoms with Gasteiger partial charge in [0.1, 0.15) is 5.82 Å². The Balaban J connectivity index is 1.86. The van der Waals surface area contributed by atoms with Crippen LogP contribution in [0.5, 0.6) is 0 Å². The number of fused-ring (bicyclic) bond motifs is 1. The van der Waals surface area contributed by atoms with E-state index in [2.05, 4.69) is 14.9 Å². The number of hydrogen-bond acceptors (Lipinski definition) is 4. The summed E-state index contributed by atoms with van der Waals surface area (Å²) < 4.78 is 0. The number of rotatable bonds is 2. The Labute approximate surface area is 128 Å². The van der Waals surface area contributed by atoms with E-state index in [0.29, 0.717) is 11.8 Å². The van der Waals surface area contributed by atoms with Crippen LogP contribution in [0, 0.1) is 0 Å². The van der Waals surface area contributed by atoms with Crippen molar-refractivity contribution in [3.8, 4) is 0 Å². The standard InChI is InChI=1S/C14H19ClN4O2/c1-18(14(20)21)9-4-3-7-19(8-9)12-10-5-2-6-11(10)16-13(15)17-12/h9H,2-8H2,1H3,(H,20,21). The van der Waals surface area contributed by atoms with Gasteiger partial charge in [-0.3, -0.25) is 0 Å². The number of nitrogens with zero attached hydrogens (tertiary/aromatic N) is 4. The first-order valence-corrected chi connectivity index (χ1v) is 7.70. The van der Waals surface area contributed by atoms with E-state index in [4.69, 9.17) is 16.7 Å². The van der Waals surface area contributed by atoms with Crippen LogP contribution in [0.25, 0.3) is 0 Å². The van der Waals surface area contributed by atoms with Gasteiger partial charge in [0.25, 0.3) is 0 Å². The molecule has 0 spiro atoms. The first-order chi connectivity index (χ1) is 10.1. The van der Waals surface area contributed by atoms with Crippen LogP contribution < -0.4 is 4.90 Å². The topological polar surface area (TPSA) is 69.6 Å². The summed E-state index contributed by atoms with van der Waals surface area (Å²) in [7, 11) is 1.63. The molecule has 1 aromatic heterocycles. The average molecular weight is 311 g/mol. The van der Waals surface area contributed by atoms with Crippen LogP contribution in [-0.4, -0.2) is 52.2 Å². The van der Waals surface area contributed by atoms with Crippen molar-refractivity contribution >= 4 is 23.5 Å². The Kier molecular flexibility index (Phi) is 3.89. The molecule has 1 aromatic rings. The minimum Gasteiger partial charge on any atom is -0.465 e. The van der Waals surface area contributed by atoms with Gasteiger partial charge in [-0.05, 0) is 43.7 Å². The van der Waals surface area contributed by atoms with Crippen molar-refractivity contribution in [1.82, 2.24) is 14.9 Å². The maximum Gasteiger partial charge on any atom is 0.407 e. The van der Waals surface area contributed by atoms with Gasteiger partial charge in [-0.1, -0.05) is 0 Å². The molecule has 2 aliphatic rings. The van der Waals surface area contributed by atoms with Gasteiger partial charge in [0, 0.05) is 25.7 Å². The number of aryl methyl sites for hydroxylation is 1.